The molecule has 2 N–H and O–H groups in total. The molecule has 2 amide bonds. The molecule has 7 nitrogen and oxygen atoms in total. The van der Waals surface area contributed by atoms with E-state index in [1.807, 2.05) is 0 Å². The predicted molar refractivity (Wildman–Crippen MR) is 136 cm³/mol. The molecule has 0 rings (SSSR count). The van der Waals surface area contributed by atoms with E-state index in [2.05, 4.69) is 17.6 Å². The van der Waals surface area contributed by atoms with Crippen LogP contribution in [0.3, 0.4) is 0 Å². The second-order valence-corrected chi connectivity index (χ2v) is 10.3. The van der Waals surface area contributed by atoms with Crippen LogP contribution < -0.4 is 10.6 Å². The molecule has 0 aromatic carbocycles. The van der Waals surface area contributed by atoms with Crippen LogP contribution in [-0.2, 0) is 23.9 Å². The van der Waals surface area contributed by atoms with Crippen molar-refractivity contribution in [2.24, 2.45) is 0 Å². The normalized spacial score (nSPS) is 12.1. The highest BCUT2D eigenvalue weighted by Gasteiger charge is 2.26. The van der Waals surface area contributed by atoms with Gasteiger partial charge in [0.15, 0.2) is 0 Å². The number of ether oxygens (including phenoxy) is 1. The first-order valence-corrected chi connectivity index (χ1v) is 13.3. The number of esters is 1. The molecule has 7 heteroatoms. The molecule has 34 heavy (non-hydrogen) atoms. The largest absolute Gasteiger partial charge is 0.460 e. The summed E-state index contributed by atoms with van der Waals surface area (Å²) in [7, 11) is 0. The molecule has 1 atom stereocenters. The molecule has 0 unspecified atom stereocenters. The summed E-state index contributed by atoms with van der Waals surface area (Å²) in [5.41, 5.74) is -0.684. The lowest BCUT2D eigenvalue weighted by atomic mass is 10.0. The van der Waals surface area contributed by atoms with E-state index in [4.69, 9.17) is 4.74 Å². The number of rotatable bonds is 20. The molecule has 0 bridgehead atoms. The second kappa shape index (κ2) is 19.4. The molecule has 0 saturated heterocycles. The first kappa shape index (κ1) is 32.1. The van der Waals surface area contributed by atoms with E-state index in [0.717, 1.165) is 19.3 Å². The molecule has 0 heterocycles. The van der Waals surface area contributed by atoms with Crippen LogP contribution in [0.25, 0.3) is 0 Å². The van der Waals surface area contributed by atoms with Gasteiger partial charge in [-0.1, -0.05) is 84.0 Å². The van der Waals surface area contributed by atoms with E-state index < -0.39 is 23.5 Å². The van der Waals surface area contributed by atoms with Crippen molar-refractivity contribution >= 4 is 23.6 Å². The number of hydrogen-bond donors (Lipinski definition) is 2. The van der Waals surface area contributed by atoms with Crippen LogP contribution >= 0.6 is 0 Å². The summed E-state index contributed by atoms with van der Waals surface area (Å²) in [4.78, 5) is 48.1. The number of amides is 2. The topological polar surface area (TPSA) is 102 Å². The van der Waals surface area contributed by atoms with Gasteiger partial charge in [-0.25, -0.2) is 0 Å². The molecule has 0 spiro atoms. The van der Waals surface area contributed by atoms with E-state index in [1.54, 1.807) is 20.8 Å². The number of unbranched alkanes of at least 4 members (excludes halogenated alkanes) is 12. The lowest BCUT2D eigenvalue weighted by molar-refractivity contribution is -0.156. The molecular formula is C27H50N2O5. The molecule has 0 aromatic heterocycles. The fourth-order valence-electron chi connectivity index (χ4n) is 3.66. The van der Waals surface area contributed by atoms with Crippen LogP contribution in [0.2, 0.25) is 0 Å². The van der Waals surface area contributed by atoms with Gasteiger partial charge in [-0.05, 0) is 34.1 Å². The Labute approximate surface area is 207 Å². The third kappa shape index (κ3) is 20.7. The van der Waals surface area contributed by atoms with Crippen molar-refractivity contribution in [3.05, 3.63) is 0 Å². The number of carbonyl (C=O) groups is 4. The molecular weight excluding hydrogens is 432 g/mol. The van der Waals surface area contributed by atoms with Crippen molar-refractivity contribution in [2.45, 2.75) is 143 Å². The fourth-order valence-corrected chi connectivity index (χ4v) is 3.66. The Morgan fingerprint density at radius 3 is 1.68 bits per heavy atom. The van der Waals surface area contributed by atoms with Gasteiger partial charge in [-0.15, -0.1) is 0 Å². The van der Waals surface area contributed by atoms with E-state index in [1.165, 1.54) is 71.1 Å². The average molecular weight is 483 g/mol. The number of ketones is 1. The van der Waals surface area contributed by atoms with E-state index in [-0.39, 0.29) is 24.7 Å². The third-order valence-electron chi connectivity index (χ3n) is 5.46. The molecule has 0 saturated carbocycles. The quantitative estimate of drug-likeness (QED) is 0.179. The van der Waals surface area contributed by atoms with Crippen molar-refractivity contribution in [3.63, 3.8) is 0 Å². The van der Waals surface area contributed by atoms with Crippen molar-refractivity contribution in [2.75, 3.05) is 6.54 Å². The fraction of sp³-hybridized carbons (Fsp3) is 0.852. The Kier molecular flexibility index (Phi) is 18.3. The van der Waals surface area contributed by atoms with Gasteiger partial charge in [0.2, 0.25) is 11.8 Å². The zero-order chi connectivity index (χ0) is 25.8. The standard InChI is InChI=1S/C27H50N2O5/c1-6-7-8-9-10-11-12-13-14-15-16-17-18-19-24(31)29-23(26(33)28-21-22(2)30)20-25(32)34-27(3,4)5/h23H,6-21H2,1-5H3,(H,28,33)(H,29,31)/t23-/m1/s1. The molecule has 0 fully saturated rings. The Hall–Kier alpha value is -1.92. The summed E-state index contributed by atoms with van der Waals surface area (Å²) < 4.78 is 5.27. The highest BCUT2D eigenvalue weighted by Crippen LogP contribution is 2.13. The Morgan fingerprint density at radius 1 is 0.765 bits per heavy atom. The smallest absolute Gasteiger partial charge is 0.308 e. The number of hydrogen-bond acceptors (Lipinski definition) is 5. The lowest BCUT2D eigenvalue weighted by Gasteiger charge is -2.22. The molecule has 0 aliphatic carbocycles. The van der Waals surface area contributed by atoms with E-state index >= 15 is 0 Å². The summed E-state index contributed by atoms with van der Waals surface area (Å²) in [6, 6.07) is -1.05. The zero-order valence-corrected chi connectivity index (χ0v) is 22.4. The van der Waals surface area contributed by atoms with Crippen LogP contribution in [-0.4, -0.2) is 41.8 Å². The van der Waals surface area contributed by atoms with Crippen LogP contribution in [0.1, 0.15) is 131 Å². The van der Waals surface area contributed by atoms with Gasteiger partial charge >= 0.3 is 5.97 Å². The van der Waals surface area contributed by atoms with Crippen molar-refractivity contribution < 1.29 is 23.9 Å². The van der Waals surface area contributed by atoms with Crippen molar-refractivity contribution in [3.8, 4) is 0 Å². The number of Topliss-reactive ketones (excluding diaryl/α,β-unsaturated/α-hetero) is 1. The highest BCUT2D eigenvalue weighted by atomic mass is 16.6. The minimum atomic E-state index is -1.05. The van der Waals surface area contributed by atoms with Gasteiger partial charge in [0.1, 0.15) is 17.4 Å². The van der Waals surface area contributed by atoms with Crippen LogP contribution in [0, 0.1) is 0 Å². The van der Waals surface area contributed by atoms with Crippen LogP contribution in [0.5, 0.6) is 0 Å². The van der Waals surface area contributed by atoms with Gasteiger partial charge in [-0.3, -0.25) is 19.2 Å². The molecule has 0 aliphatic heterocycles. The summed E-state index contributed by atoms with van der Waals surface area (Å²) in [6.45, 7) is 8.68. The zero-order valence-electron chi connectivity index (χ0n) is 22.4. The summed E-state index contributed by atoms with van der Waals surface area (Å²) in [6.07, 6.45) is 16.0. The van der Waals surface area contributed by atoms with Gasteiger partial charge in [0.25, 0.3) is 0 Å². The monoisotopic (exact) mass is 482 g/mol. The van der Waals surface area contributed by atoms with Crippen LogP contribution in [0.15, 0.2) is 0 Å². The number of nitrogens with one attached hydrogen (secondary N) is 2. The SMILES string of the molecule is CCCCCCCCCCCCCCCC(=O)N[C@H](CC(=O)OC(C)(C)C)C(=O)NCC(C)=O. The Morgan fingerprint density at radius 2 is 1.24 bits per heavy atom. The Bertz CT molecular complexity index is 598. The van der Waals surface area contributed by atoms with E-state index in [0.29, 0.717) is 6.42 Å². The van der Waals surface area contributed by atoms with Crippen molar-refractivity contribution in [1.82, 2.24) is 10.6 Å². The molecule has 198 valence electrons. The maximum absolute atomic E-state index is 12.4. The molecule has 0 aromatic rings. The molecule has 0 aliphatic rings. The summed E-state index contributed by atoms with van der Waals surface area (Å²) in [5, 5.41) is 5.10. The first-order chi connectivity index (χ1) is 16.0. The van der Waals surface area contributed by atoms with Gasteiger partial charge in [0.05, 0.1) is 13.0 Å². The third-order valence-corrected chi connectivity index (χ3v) is 5.46. The predicted octanol–water partition coefficient (Wildman–Crippen LogP) is 5.39. The second-order valence-electron chi connectivity index (χ2n) is 10.3. The lowest BCUT2D eigenvalue weighted by Crippen LogP contribution is -2.49. The maximum atomic E-state index is 12.4. The van der Waals surface area contributed by atoms with Crippen LogP contribution in [0.4, 0.5) is 0 Å². The highest BCUT2D eigenvalue weighted by molar-refractivity contribution is 5.93. The van der Waals surface area contributed by atoms with Gasteiger partial charge in [0, 0.05) is 6.42 Å². The first-order valence-electron chi connectivity index (χ1n) is 13.3. The van der Waals surface area contributed by atoms with Gasteiger partial charge < -0.3 is 15.4 Å². The average Bonchev–Trinajstić information content (AvgIpc) is 2.73. The Balaban J connectivity index is 4.14. The molecule has 0 radical (unpaired) electrons. The number of carbonyl (C=O) groups excluding carboxylic acids is 4. The minimum Gasteiger partial charge on any atom is -0.460 e. The van der Waals surface area contributed by atoms with Gasteiger partial charge in [-0.2, -0.15) is 0 Å². The van der Waals surface area contributed by atoms with E-state index in [9.17, 15) is 19.2 Å². The minimum absolute atomic E-state index is 0.140. The maximum Gasteiger partial charge on any atom is 0.308 e. The summed E-state index contributed by atoms with van der Waals surface area (Å²) >= 11 is 0. The van der Waals surface area contributed by atoms with Crippen molar-refractivity contribution in [1.29, 1.82) is 0 Å². The summed E-state index contributed by atoms with van der Waals surface area (Å²) in [5.74, 6) is -1.60.